The average Bonchev–Trinajstić information content (AvgIpc) is 3.28. The van der Waals surface area contributed by atoms with Crippen molar-refractivity contribution in [2.75, 3.05) is 6.61 Å². The number of cyclic esters (lactones) is 1. The van der Waals surface area contributed by atoms with Gasteiger partial charge in [-0.05, 0) is 36.4 Å². The van der Waals surface area contributed by atoms with Crippen molar-refractivity contribution in [1.82, 2.24) is 0 Å². The molecule has 27 nitrogen and oxygen atoms in total. The van der Waals surface area contributed by atoms with Crippen molar-refractivity contribution in [2.45, 2.75) is 48.2 Å². The summed E-state index contributed by atoms with van der Waals surface area (Å²) in [4.78, 5) is 84.8. The molecule has 7 atom stereocenters. The molecule has 0 radical (unpaired) electrons. The normalized spacial score (nSPS) is 25.7. The highest BCUT2D eigenvalue weighted by Crippen LogP contribution is 2.59. The molecule has 1 saturated heterocycles. The van der Waals surface area contributed by atoms with Gasteiger partial charge in [-0.3, -0.25) is 4.79 Å². The lowest BCUT2D eigenvalue weighted by Gasteiger charge is -2.49. The van der Waals surface area contributed by atoms with Crippen molar-refractivity contribution >= 4 is 35.6 Å². The Morgan fingerprint density at radius 2 is 1.07 bits per heavy atom. The molecule has 354 valence electrons. The van der Waals surface area contributed by atoms with Crippen LogP contribution in [0.5, 0.6) is 69.0 Å². The number of carbonyl (C=O) groups is 6. The van der Waals surface area contributed by atoms with E-state index in [0.717, 1.165) is 0 Å². The molecule has 4 aliphatic heterocycles. The number of hydrogen-bond donors (Lipinski definition) is 14. The molecule has 27 heteroatoms. The number of carbonyl (C=O) groups excluding carboxylic acids is 6. The molecule has 0 unspecified atom stereocenters. The molecule has 9 rings (SSSR count). The fourth-order valence-corrected chi connectivity index (χ4v) is 8.25. The monoisotopic (exact) mass is 952 g/mol. The minimum absolute atomic E-state index is 0.264. The van der Waals surface area contributed by atoms with Gasteiger partial charge in [-0.2, -0.15) is 0 Å². The van der Waals surface area contributed by atoms with Gasteiger partial charge in [0.2, 0.25) is 35.4 Å². The highest BCUT2D eigenvalue weighted by Gasteiger charge is 2.70. The second-order valence-electron chi connectivity index (χ2n) is 15.5. The zero-order valence-electron chi connectivity index (χ0n) is 33.2. The summed E-state index contributed by atoms with van der Waals surface area (Å²) in [5.41, 5.74) is -8.48. The lowest BCUT2D eigenvalue weighted by Crippen LogP contribution is -2.70. The van der Waals surface area contributed by atoms with Gasteiger partial charge in [-0.25, -0.2) is 24.0 Å². The first-order chi connectivity index (χ1) is 31.9. The minimum atomic E-state index is -3.98. The molecule has 14 N–H and O–H groups in total. The van der Waals surface area contributed by atoms with E-state index in [4.69, 9.17) is 33.2 Å². The Morgan fingerprint density at radius 3 is 1.68 bits per heavy atom. The van der Waals surface area contributed by atoms with E-state index < -0.39 is 204 Å². The van der Waals surface area contributed by atoms with Gasteiger partial charge in [0.25, 0.3) is 5.79 Å². The molecule has 6 bridgehead atoms. The van der Waals surface area contributed by atoms with Crippen molar-refractivity contribution in [3.05, 3.63) is 69.8 Å². The van der Waals surface area contributed by atoms with Crippen LogP contribution in [-0.2, 0) is 38.0 Å². The summed E-state index contributed by atoms with van der Waals surface area (Å²) in [7, 11) is 0. The predicted molar refractivity (Wildman–Crippen MR) is 204 cm³/mol. The van der Waals surface area contributed by atoms with Crippen LogP contribution in [0.4, 0.5) is 0 Å². The van der Waals surface area contributed by atoms with Gasteiger partial charge in [0.05, 0.1) is 33.7 Å². The van der Waals surface area contributed by atoms with Gasteiger partial charge >= 0.3 is 35.6 Å². The molecule has 1 aliphatic carbocycles. The molecule has 4 aromatic rings. The Hall–Kier alpha value is -8.92. The van der Waals surface area contributed by atoms with Crippen LogP contribution >= 0.6 is 0 Å². The molecule has 0 spiro atoms. The van der Waals surface area contributed by atoms with Crippen LogP contribution in [0, 0.1) is 0 Å². The number of esters is 5. The summed E-state index contributed by atoms with van der Waals surface area (Å²) in [6, 6.07) is 2.32. The fraction of sp³-hybridized carbons (Fsp3) is 0.220. The van der Waals surface area contributed by atoms with Gasteiger partial charge in [-0.1, -0.05) is 0 Å². The summed E-state index contributed by atoms with van der Waals surface area (Å²) < 4.78 is 38.9. The number of aromatic hydroxyl groups is 11. The Kier molecular flexibility index (Phi) is 9.64. The van der Waals surface area contributed by atoms with E-state index in [2.05, 4.69) is 0 Å². The molecule has 0 amide bonds. The Morgan fingerprint density at radius 1 is 0.574 bits per heavy atom. The number of ether oxygens (including phenoxy) is 7. The molecular formula is C41H28O27. The topological polar surface area (TPSA) is 450 Å². The van der Waals surface area contributed by atoms with Gasteiger partial charge in [-0.15, -0.1) is 0 Å². The van der Waals surface area contributed by atoms with Crippen LogP contribution in [0.1, 0.15) is 52.9 Å². The first kappa shape index (κ1) is 44.3. The van der Waals surface area contributed by atoms with E-state index in [1.807, 2.05) is 0 Å². The van der Waals surface area contributed by atoms with E-state index in [-0.39, 0.29) is 6.08 Å². The highest BCUT2D eigenvalue weighted by molar-refractivity contribution is 6.10. The lowest BCUT2D eigenvalue weighted by molar-refractivity contribution is -0.339. The van der Waals surface area contributed by atoms with Crippen LogP contribution in [0.2, 0.25) is 0 Å². The zero-order valence-corrected chi connectivity index (χ0v) is 33.2. The smallest absolute Gasteiger partial charge is 0.340 e. The molecule has 1 fully saturated rings. The van der Waals surface area contributed by atoms with E-state index in [9.17, 15) is 100 Å². The van der Waals surface area contributed by atoms with E-state index >= 15 is 0 Å². The number of rotatable bonds is 2. The third-order valence-corrected chi connectivity index (χ3v) is 11.5. The molecule has 68 heavy (non-hydrogen) atoms. The highest BCUT2D eigenvalue weighted by atomic mass is 16.8. The van der Waals surface area contributed by atoms with E-state index in [1.54, 1.807) is 0 Å². The average molecular weight is 953 g/mol. The van der Waals surface area contributed by atoms with E-state index in [1.165, 1.54) is 0 Å². The third-order valence-electron chi connectivity index (χ3n) is 11.5. The second kappa shape index (κ2) is 14.8. The van der Waals surface area contributed by atoms with Crippen molar-refractivity contribution in [3.8, 4) is 80.1 Å². The maximum absolute atomic E-state index is 14.6. The molecular weight excluding hydrogens is 924 g/mol. The standard InChI is InChI=1S/C41H28O27/c42-13-1-8(2-14(43)24(13)48)34(54)67-39-33-32-30(64-38(58)12-6-19(47)41(61)40(59,60)23(12)22-11(37(57)66-33)5-17(46)27(51)31(22)68-41)18(63-39)7-62-35(55)9-3-15(44)25(49)28(52)20(9)21-10(36(56)65-32)4-16(45)26(50)29(21)53/h1-6,18,23,30,32-33,39,42-46,48-53,59-61H,7H2/t18-,23-,30+,32-,33+,39-,41-/m0/s1. The quantitative estimate of drug-likeness (QED) is 0.0491. The Balaban J connectivity index is 1.30. The second-order valence-corrected chi connectivity index (χ2v) is 15.5. The summed E-state index contributed by atoms with van der Waals surface area (Å²) in [6.45, 7) is -1.31. The Labute approximate surface area is 373 Å². The van der Waals surface area contributed by atoms with Crippen molar-refractivity contribution in [2.24, 2.45) is 0 Å². The maximum atomic E-state index is 14.6. The van der Waals surface area contributed by atoms with E-state index in [0.29, 0.717) is 30.3 Å². The number of hydrogen-bond acceptors (Lipinski definition) is 27. The van der Waals surface area contributed by atoms with Crippen molar-refractivity contribution < 1.29 is 133 Å². The predicted octanol–water partition coefficient (Wildman–Crippen LogP) is -1.10. The number of aliphatic hydroxyl groups is 3. The number of phenols is 11. The largest absolute Gasteiger partial charge is 0.504 e. The van der Waals surface area contributed by atoms with Crippen LogP contribution in [-0.4, -0.2) is 156 Å². The molecule has 4 heterocycles. The molecule has 4 aromatic carbocycles. The minimum Gasteiger partial charge on any atom is -0.504 e. The SMILES string of the molecule is O=C1O[C@H]2[C@@H]3OC(=O)c4cc(O)c(O)c(O)c4-c4c(cc(O)c(O)c4O)C(=O)OC[C@@H]2O[C@@H](OC(=O)c2cc(O)c(O)c(O)c2)[C@@H]3OC(=O)c2cc(O)c(O)c3c2[C@@H]2C1=CC(=O)[C@](O)(O3)C2(O)O. The van der Waals surface area contributed by atoms with Gasteiger partial charge < -0.3 is 105 Å². The van der Waals surface area contributed by atoms with Crippen LogP contribution in [0.25, 0.3) is 11.1 Å². The van der Waals surface area contributed by atoms with Gasteiger partial charge in [0.15, 0.2) is 64.0 Å². The number of phenolic OH excluding ortho intramolecular Hbond substituents is 11. The summed E-state index contributed by atoms with van der Waals surface area (Å²) in [5.74, 6) is -36.5. The number of benzene rings is 4. The summed E-state index contributed by atoms with van der Waals surface area (Å²) >= 11 is 0. The lowest BCUT2D eigenvalue weighted by atomic mass is 9.70. The number of fused-ring (bicyclic) bond motifs is 4. The maximum Gasteiger partial charge on any atom is 0.340 e. The zero-order chi connectivity index (χ0) is 49.4. The molecule has 0 saturated carbocycles. The number of ketones is 1. The summed E-state index contributed by atoms with van der Waals surface area (Å²) in [6.07, 6.45) is -12.1. The molecule has 5 aliphatic rings. The Bertz CT molecular complexity index is 3020. The third kappa shape index (κ3) is 6.21. The first-order valence-corrected chi connectivity index (χ1v) is 19.1. The van der Waals surface area contributed by atoms with Gasteiger partial charge in [0.1, 0.15) is 12.7 Å². The fourth-order valence-electron chi connectivity index (χ4n) is 8.25. The van der Waals surface area contributed by atoms with Crippen LogP contribution in [0.3, 0.4) is 0 Å². The van der Waals surface area contributed by atoms with Gasteiger partial charge in [0, 0.05) is 16.7 Å². The van der Waals surface area contributed by atoms with Crippen LogP contribution in [0.15, 0.2) is 42.0 Å². The summed E-state index contributed by atoms with van der Waals surface area (Å²) in [5, 5.41) is 150. The van der Waals surface area contributed by atoms with Crippen LogP contribution < -0.4 is 4.74 Å². The van der Waals surface area contributed by atoms with Crippen molar-refractivity contribution in [1.29, 1.82) is 0 Å². The first-order valence-electron chi connectivity index (χ1n) is 19.1. The molecule has 0 aromatic heterocycles. The van der Waals surface area contributed by atoms with Crippen molar-refractivity contribution in [3.63, 3.8) is 0 Å².